The molecule has 1 fully saturated rings. The number of aromatic hydroxyl groups is 1. The molecular weight excluding hydrogens is 1410 g/mol. The summed E-state index contributed by atoms with van der Waals surface area (Å²) in [6, 6.07) is 4.41. The van der Waals surface area contributed by atoms with Crippen LogP contribution in [0.4, 0.5) is 4.79 Å². The SMILES string of the molecule is O=C(O)CC[C@H](NC(=O)N[C@@H](CCCCNC(=O)CCCCCCC(=O)NCCCC[C@@H](NC(=O)[C@@H](Cc1ccccc1)NC(=O)/C(Cc1ccc(O)c(I)c1)=N/C(=O)CCC(C(=O)O)N1CCN(CC(=O)O)CCN(CC(=O)O)CCN(CC(=O)O)CC1)C(=O)O)C(=O)O)C(=O)O. The molecule has 7 amide bonds. The summed E-state index contributed by atoms with van der Waals surface area (Å²) >= 11 is 1.85. The molecule has 34 nitrogen and oxygen atoms in total. The summed E-state index contributed by atoms with van der Waals surface area (Å²) in [5.41, 5.74) is 0.511. The molecule has 2 aromatic rings. The predicted octanol–water partition coefficient (Wildman–Crippen LogP) is 0.497. The monoisotopic (exact) mass is 1500 g/mol. The second kappa shape index (κ2) is 45.5. The van der Waals surface area contributed by atoms with Crippen molar-refractivity contribution in [2.24, 2.45) is 4.99 Å². The van der Waals surface area contributed by atoms with E-state index in [2.05, 4.69) is 36.9 Å². The van der Waals surface area contributed by atoms with Crippen LogP contribution in [0.3, 0.4) is 0 Å². The van der Waals surface area contributed by atoms with Gasteiger partial charge in [0.15, 0.2) is 0 Å². The van der Waals surface area contributed by atoms with Crippen LogP contribution in [0, 0.1) is 3.57 Å². The Labute approximate surface area is 578 Å². The number of aliphatic carboxylic acids is 8. The Bertz CT molecular complexity index is 3040. The molecule has 98 heavy (non-hydrogen) atoms. The lowest BCUT2D eigenvalue weighted by atomic mass is 10.0. The molecule has 2 aromatic carbocycles. The lowest BCUT2D eigenvalue weighted by Gasteiger charge is -2.35. The van der Waals surface area contributed by atoms with E-state index in [0.29, 0.717) is 53.2 Å². The van der Waals surface area contributed by atoms with E-state index >= 15 is 0 Å². The van der Waals surface area contributed by atoms with Gasteiger partial charge in [0.2, 0.25) is 23.6 Å². The van der Waals surface area contributed by atoms with E-state index in [9.17, 15) is 108 Å². The van der Waals surface area contributed by atoms with Gasteiger partial charge in [-0.3, -0.25) is 67.5 Å². The van der Waals surface area contributed by atoms with Crippen molar-refractivity contribution in [1.29, 1.82) is 0 Å². The number of carbonyl (C=O) groups excluding carboxylic acids is 6. The van der Waals surface area contributed by atoms with Crippen molar-refractivity contribution in [3.63, 3.8) is 0 Å². The van der Waals surface area contributed by atoms with Crippen LogP contribution in [0.2, 0.25) is 0 Å². The number of nitrogens with one attached hydrogen (secondary N) is 6. The highest BCUT2D eigenvalue weighted by Crippen LogP contribution is 2.21. The topological polar surface area (TPSA) is 519 Å². The number of unbranched alkanes of at least 4 members (excludes halogenated alkanes) is 5. The van der Waals surface area contributed by atoms with Gasteiger partial charge in [0.1, 0.15) is 41.7 Å². The summed E-state index contributed by atoms with van der Waals surface area (Å²) in [4.78, 5) is 185. The molecule has 0 spiro atoms. The van der Waals surface area contributed by atoms with E-state index in [1.165, 1.54) is 32.9 Å². The molecule has 1 unspecified atom stereocenters. The lowest BCUT2D eigenvalue weighted by Crippen LogP contribution is -2.53. The Hall–Kier alpha value is -8.94. The van der Waals surface area contributed by atoms with Crippen LogP contribution >= 0.6 is 22.6 Å². The Morgan fingerprint density at radius 2 is 0.929 bits per heavy atom. The van der Waals surface area contributed by atoms with Crippen molar-refractivity contribution in [3.05, 3.63) is 63.2 Å². The number of phenols is 1. The summed E-state index contributed by atoms with van der Waals surface area (Å²) in [6.45, 7) is -0.788. The van der Waals surface area contributed by atoms with Gasteiger partial charge in [-0.25, -0.2) is 24.2 Å². The molecule has 1 aliphatic rings. The van der Waals surface area contributed by atoms with Gasteiger partial charge in [0.25, 0.3) is 5.91 Å². The predicted molar refractivity (Wildman–Crippen MR) is 356 cm³/mol. The first-order chi connectivity index (χ1) is 46.5. The number of aliphatic imine (C=N–C) groups is 1. The van der Waals surface area contributed by atoms with Crippen LogP contribution in [0.1, 0.15) is 114 Å². The van der Waals surface area contributed by atoms with Gasteiger partial charge in [-0.2, -0.15) is 0 Å². The average molecular weight is 1500 g/mol. The zero-order chi connectivity index (χ0) is 72.7. The molecule has 35 heteroatoms. The molecule has 0 saturated carbocycles. The maximum Gasteiger partial charge on any atom is 0.326 e. The molecule has 1 heterocycles. The number of hydrogen-bond acceptors (Lipinski definition) is 19. The number of nitrogens with zero attached hydrogens (tertiary/aromatic N) is 5. The summed E-state index contributed by atoms with van der Waals surface area (Å²) in [5, 5.41) is 102. The zero-order valence-electron chi connectivity index (χ0n) is 54.3. The zero-order valence-corrected chi connectivity index (χ0v) is 56.4. The average Bonchev–Trinajstić information content (AvgIpc) is 0.861. The summed E-state index contributed by atoms with van der Waals surface area (Å²) < 4.78 is 0.374. The highest BCUT2D eigenvalue weighted by Gasteiger charge is 2.32. The van der Waals surface area contributed by atoms with E-state index < -0.39 is 153 Å². The number of hydrogen-bond donors (Lipinski definition) is 15. The number of benzene rings is 2. The largest absolute Gasteiger partial charge is 0.507 e. The smallest absolute Gasteiger partial charge is 0.326 e. The van der Waals surface area contributed by atoms with Gasteiger partial charge < -0.3 is 77.9 Å². The Morgan fingerprint density at radius 1 is 0.459 bits per heavy atom. The van der Waals surface area contributed by atoms with Crippen molar-refractivity contribution in [2.45, 2.75) is 146 Å². The number of halogens is 1. The lowest BCUT2D eigenvalue weighted by molar-refractivity contribution is -0.145. The van der Waals surface area contributed by atoms with Crippen LogP contribution in [0.25, 0.3) is 0 Å². The molecule has 0 bridgehead atoms. The number of carboxylic acid groups (broad SMARTS) is 8. The van der Waals surface area contributed by atoms with Crippen LogP contribution < -0.4 is 31.9 Å². The van der Waals surface area contributed by atoms with Gasteiger partial charge in [-0.15, -0.1) is 0 Å². The third-order valence-electron chi connectivity index (χ3n) is 15.6. The first-order valence-electron chi connectivity index (χ1n) is 32.0. The molecule has 1 aliphatic heterocycles. The third-order valence-corrected chi connectivity index (χ3v) is 16.5. The Balaban J connectivity index is 1.60. The van der Waals surface area contributed by atoms with Crippen LogP contribution in [0.15, 0.2) is 53.5 Å². The highest BCUT2D eigenvalue weighted by molar-refractivity contribution is 14.1. The summed E-state index contributed by atoms with van der Waals surface area (Å²) in [7, 11) is 0. The number of phenolic OH excluding ortho intramolecular Hbond substituents is 1. The molecule has 0 radical (unpaired) electrons. The minimum Gasteiger partial charge on any atom is -0.507 e. The fourth-order valence-corrected chi connectivity index (χ4v) is 10.9. The molecule has 3 rings (SSSR count). The highest BCUT2D eigenvalue weighted by atomic mass is 127. The molecule has 5 atom stereocenters. The van der Waals surface area contributed by atoms with Crippen molar-refractivity contribution >= 4 is 112 Å². The van der Waals surface area contributed by atoms with Crippen molar-refractivity contribution in [3.8, 4) is 5.75 Å². The minimum atomic E-state index is -1.54. The maximum atomic E-state index is 14.4. The van der Waals surface area contributed by atoms with Crippen molar-refractivity contribution in [2.75, 3.05) is 85.1 Å². The Morgan fingerprint density at radius 3 is 1.38 bits per heavy atom. The molecule has 15 N–H and O–H groups in total. The number of carboxylic acids is 8. The molecule has 0 aliphatic carbocycles. The molecule has 1 saturated heterocycles. The fraction of sp³-hybridized carbons (Fsp3) is 0.571. The second-order valence-electron chi connectivity index (χ2n) is 23.4. The van der Waals surface area contributed by atoms with Crippen LogP contribution in [-0.2, 0) is 75.2 Å². The van der Waals surface area contributed by atoms with Crippen LogP contribution in [-0.4, -0.2) is 270 Å². The Kier molecular flexibility index (Phi) is 38.7. The van der Waals surface area contributed by atoms with Gasteiger partial charge in [0.05, 0.1) is 23.2 Å². The molecule has 0 aromatic heterocycles. The van der Waals surface area contributed by atoms with Crippen molar-refractivity contribution < 1.29 is 113 Å². The standard InChI is InChI=1S/C63H90IN11O23/c64-42-34-41(18-21-49(42)76)36-46(67-52(79)22-20-48(62(96)97)75-32-30-73(38-55(84)85)28-26-72(37-54(82)83)27-29-74(31-33-75)39-56(86)87)57(88)69-47(35-40-12-4-3-5-13-40)58(89)68-43(59(90)91)14-8-10-24-65-50(77)16-6-1-2-7-17-51(78)66-25-11-9-15-44(60(92)93)70-63(98)71-45(61(94)95)19-23-53(80)81/h3-5,12-13,18,21,34,43-45,47-48,76H,1-2,6-11,14-17,19-20,22-33,35-39H2,(H,65,77)(H,66,78)(H,68,89)(H,69,88)(H,80,81)(H,82,83)(H,84,85)(H,86,87)(H,90,91)(H,92,93)(H,94,95)(H,96,97)(H2,70,71,98)/b67-46+/t43-,44+,45+,47-,48?/m1/s1. The number of amides is 7. The number of urea groups is 1. The van der Waals surface area contributed by atoms with E-state index in [1.54, 1.807) is 35.2 Å². The van der Waals surface area contributed by atoms with Gasteiger partial charge >= 0.3 is 53.8 Å². The van der Waals surface area contributed by atoms with E-state index in [-0.39, 0.29) is 134 Å². The van der Waals surface area contributed by atoms with Gasteiger partial charge in [-0.05, 0) is 110 Å². The normalized spacial score (nSPS) is 15.2. The summed E-state index contributed by atoms with van der Waals surface area (Å²) in [5.74, 6) is -13.9. The van der Waals surface area contributed by atoms with Crippen LogP contribution in [0.5, 0.6) is 5.75 Å². The van der Waals surface area contributed by atoms with Gasteiger partial charge in [0, 0.05) is 104 Å². The minimum absolute atomic E-state index is 0.0171. The second-order valence-corrected chi connectivity index (χ2v) is 24.6. The van der Waals surface area contributed by atoms with E-state index in [1.807, 2.05) is 22.6 Å². The molecule has 542 valence electrons. The van der Waals surface area contributed by atoms with E-state index in [0.717, 1.165) is 0 Å². The number of rotatable bonds is 44. The van der Waals surface area contributed by atoms with E-state index in [4.69, 9.17) is 5.11 Å². The maximum absolute atomic E-state index is 14.4. The summed E-state index contributed by atoms with van der Waals surface area (Å²) in [6.07, 6.45) is 1.40. The first kappa shape index (κ1) is 83.3. The third kappa shape index (κ3) is 35.3. The fourth-order valence-electron chi connectivity index (χ4n) is 10.3. The number of carbonyl (C=O) groups is 14. The van der Waals surface area contributed by atoms with Crippen molar-refractivity contribution in [1.82, 2.24) is 51.5 Å². The van der Waals surface area contributed by atoms with Gasteiger partial charge in [-0.1, -0.05) is 49.2 Å². The quantitative estimate of drug-likeness (QED) is 0.0244. The molecular formula is C63H90IN11O23. The first-order valence-corrected chi connectivity index (χ1v) is 33.1.